The van der Waals surface area contributed by atoms with Crippen LogP contribution in [-0.2, 0) is 20.8 Å². The van der Waals surface area contributed by atoms with Crippen LogP contribution in [0.2, 0.25) is 5.02 Å². The molecular formula is C20H18ClN5O3. The first-order chi connectivity index (χ1) is 14.0. The molecule has 2 aliphatic rings. The number of nitrogens with zero attached hydrogens (tertiary/aromatic N) is 4. The number of amides is 3. The Hall–Kier alpha value is -3.26. The van der Waals surface area contributed by atoms with Gasteiger partial charge < -0.3 is 5.32 Å². The second kappa shape index (κ2) is 7.63. The third-order valence-electron chi connectivity index (χ3n) is 4.88. The van der Waals surface area contributed by atoms with E-state index in [-0.39, 0.29) is 12.5 Å². The first-order valence-electron chi connectivity index (χ1n) is 9.17. The molecule has 3 amide bonds. The zero-order valence-electron chi connectivity index (χ0n) is 15.6. The summed E-state index contributed by atoms with van der Waals surface area (Å²) in [5.41, 5.74) is 2.18. The van der Waals surface area contributed by atoms with E-state index in [1.54, 1.807) is 18.2 Å². The van der Waals surface area contributed by atoms with Crippen molar-refractivity contribution in [1.29, 1.82) is 0 Å². The summed E-state index contributed by atoms with van der Waals surface area (Å²) in [6.07, 6.45) is 0.907. The van der Waals surface area contributed by atoms with Gasteiger partial charge in [0, 0.05) is 10.7 Å². The van der Waals surface area contributed by atoms with E-state index >= 15 is 0 Å². The van der Waals surface area contributed by atoms with Crippen LogP contribution in [0.3, 0.4) is 0 Å². The predicted octanol–water partition coefficient (Wildman–Crippen LogP) is 2.83. The van der Waals surface area contributed by atoms with Crippen LogP contribution in [0.15, 0.2) is 58.9 Å². The molecule has 9 heteroatoms. The normalized spacial score (nSPS) is 20.3. The second-order valence-corrected chi connectivity index (χ2v) is 7.22. The number of halogens is 1. The molecule has 29 heavy (non-hydrogen) atoms. The summed E-state index contributed by atoms with van der Waals surface area (Å²) >= 11 is 5.98. The van der Waals surface area contributed by atoms with E-state index in [0.717, 1.165) is 16.9 Å². The molecule has 2 aromatic rings. The Bertz CT molecular complexity index is 1010. The van der Waals surface area contributed by atoms with Crippen molar-refractivity contribution in [2.75, 3.05) is 16.8 Å². The molecule has 8 nitrogen and oxygen atoms in total. The standard InChI is InChI=1S/C20H18ClN5O3/c1-2-12-6-8-14(9-7-12)22-16(27)11-25-18-17(23-24-25)19(28)26(20(18)29)15-5-3-4-13(21)10-15/h3-10,17-18H,2,11H2,1H3,(H,22,27)/t17-,18-/m1/s1. The summed E-state index contributed by atoms with van der Waals surface area (Å²) in [5, 5.41) is 12.2. The van der Waals surface area contributed by atoms with E-state index in [4.69, 9.17) is 11.6 Å². The van der Waals surface area contributed by atoms with Gasteiger partial charge in [-0.15, -0.1) is 0 Å². The minimum Gasteiger partial charge on any atom is -0.324 e. The number of benzene rings is 2. The van der Waals surface area contributed by atoms with Gasteiger partial charge in [-0.3, -0.25) is 19.4 Å². The van der Waals surface area contributed by atoms with Crippen molar-refractivity contribution in [2.45, 2.75) is 25.4 Å². The van der Waals surface area contributed by atoms with Crippen LogP contribution in [-0.4, -0.2) is 41.4 Å². The summed E-state index contributed by atoms with van der Waals surface area (Å²) in [7, 11) is 0. The van der Waals surface area contributed by atoms with Gasteiger partial charge in [0.25, 0.3) is 11.8 Å². The number of imide groups is 1. The fourth-order valence-electron chi connectivity index (χ4n) is 3.39. The summed E-state index contributed by atoms with van der Waals surface area (Å²) in [6.45, 7) is 1.86. The SMILES string of the molecule is CCc1ccc(NC(=O)CN2N=N[C@H]3C(=O)N(c4cccc(Cl)c4)C(=O)[C@@H]32)cc1. The lowest BCUT2D eigenvalue weighted by atomic mass is 10.1. The molecule has 1 N–H and O–H groups in total. The van der Waals surface area contributed by atoms with Gasteiger partial charge in [-0.2, -0.15) is 5.11 Å². The minimum atomic E-state index is -0.960. The van der Waals surface area contributed by atoms with Crippen LogP contribution >= 0.6 is 11.6 Å². The average molecular weight is 412 g/mol. The second-order valence-electron chi connectivity index (χ2n) is 6.78. The van der Waals surface area contributed by atoms with Crippen molar-refractivity contribution < 1.29 is 14.4 Å². The van der Waals surface area contributed by atoms with Crippen molar-refractivity contribution in [2.24, 2.45) is 10.3 Å². The smallest absolute Gasteiger partial charge is 0.263 e. The number of fused-ring (bicyclic) bond motifs is 1. The molecule has 1 saturated heterocycles. The lowest BCUT2D eigenvalue weighted by molar-refractivity contribution is -0.123. The molecule has 0 saturated carbocycles. The van der Waals surface area contributed by atoms with Gasteiger partial charge in [0.15, 0.2) is 12.1 Å². The van der Waals surface area contributed by atoms with Crippen LogP contribution in [0.5, 0.6) is 0 Å². The average Bonchev–Trinajstić information content (AvgIpc) is 3.22. The number of rotatable bonds is 5. The minimum absolute atomic E-state index is 0.192. The topological polar surface area (TPSA) is 94.4 Å². The van der Waals surface area contributed by atoms with Crippen molar-refractivity contribution in [1.82, 2.24) is 5.01 Å². The quantitative estimate of drug-likeness (QED) is 0.765. The third kappa shape index (κ3) is 3.58. The molecular weight excluding hydrogens is 394 g/mol. The maximum atomic E-state index is 12.9. The zero-order valence-corrected chi connectivity index (χ0v) is 16.3. The van der Waals surface area contributed by atoms with Crippen LogP contribution in [0.1, 0.15) is 12.5 Å². The molecule has 0 aliphatic carbocycles. The molecule has 4 rings (SSSR count). The molecule has 2 aromatic carbocycles. The first kappa shape index (κ1) is 19.1. The first-order valence-corrected chi connectivity index (χ1v) is 9.55. The molecule has 2 atom stereocenters. The highest BCUT2D eigenvalue weighted by Gasteiger charge is 2.55. The molecule has 2 aliphatic heterocycles. The number of hydrogen-bond donors (Lipinski definition) is 1. The summed E-state index contributed by atoms with van der Waals surface area (Å²) in [6, 6.07) is 12.1. The van der Waals surface area contributed by atoms with Crippen molar-refractivity contribution in [3.8, 4) is 0 Å². The number of aryl methyl sites for hydroxylation is 1. The van der Waals surface area contributed by atoms with Crippen molar-refractivity contribution >= 4 is 40.7 Å². The summed E-state index contributed by atoms with van der Waals surface area (Å²) in [4.78, 5) is 39.0. The fourth-order valence-corrected chi connectivity index (χ4v) is 3.58. The molecule has 0 unspecified atom stereocenters. The van der Waals surface area contributed by atoms with E-state index < -0.39 is 23.9 Å². The Morgan fingerprint density at radius 2 is 1.90 bits per heavy atom. The van der Waals surface area contributed by atoms with Crippen molar-refractivity contribution in [3.05, 3.63) is 59.1 Å². The van der Waals surface area contributed by atoms with E-state index in [0.29, 0.717) is 16.4 Å². The van der Waals surface area contributed by atoms with Gasteiger partial charge in [-0.05, 0) is 42.3 Å². The summed E-state index contributed by atoms with van der Waals surface area (Å²) < 4.78 is 0. The third-order valence-corrected chi connectivity index (χ3v) is 5.11. The largest absolute Gasteiger partial charge is 0.324 e. The van der Waals surface area contributed by atoms with Gasteiger partial charge >= 0.3 is 0 Å². The molecule has 148 valence electrons. The molecule has 1 fully saturated rings. The number of hydrogen-bond acceptors (Lipinski definition) is 6. The van der Waals surface area contributed by atoms with Crippen LogP contribution in [0.25, 0.3) is 0 Å². The molecule has 0 bridgehead atoms. The van der Waals surface area contributed by atoms with Gasteiger partial charge in [0.1, 0.15) is 6.54 Å². The monoisotopic (exact) mass is 411 g/mol. The van der Waals surface area contributed by atoms with Gasteiger partial charge in [-0.25, -0.2) is 4.90 Å². The van der Waals surface area contributed by atoms with Crippen molar-refractivity contribution in [3.63, 3.8) is 0 Å². The lowest BCUT2D eigenvalue weighted by Gasteiger charge is -2.20. The Balaban J connectivity index is 1.46. The van der Waals surface area contributed by atoms with Gasteiger partial charge in [0.05, 0.1) is 5.69 Å². The lowest BCUT2D eigenvalue weighted by Crippen LogP contribution is -2.43. The van der Waals surface area contributed by atoms with Crippen LogP contribution in [0.4, 0.5) is 11.4 Å². The maximum absolute atomic E-state index is 12.9. The fraction of sp³-hybridized carbons (Fsp3) is 0.250. The Morgan fingerprint density at radius 1 is 1.14 bits per heavy atom. The number of carbonyl (C=O) groups is 3. The Labute approximate surface area is 172 Å². The van der Waals surface area contributed by atoms with E-state index in [1.165, 1.54) is 11.1 Å². The molecule has 0 spiro atoms. The zero-order chi connectivity index (χ0) is 20.5. The van der Waals surface area contributed by atoms with E-state index in [1.807, 2.05) is 24.3 Å². The summed E-state index contributed by atoms with van der Waals surface area (Å²) in [5.74, 6) is -1.31. The Kier molecular flexibility index (Phi) is 5.02. The highest BCUT2D eigenvalue weighted by Crippen LogP contribution is 2.32. The van der Waals surface area contributed by atoms with Gasteiger partial charge in [0.2, 0.25) is 5.91 Å². The highest BCUT2D eigenvalue weighted by molar-refractivity contribution is 6.31. The number of anilines is 2. The highest BCUT2D eigenvalue weighted by atomic mass is 35.5. The van der Waals surface area contributed by atoms with E-state index in [2.05, 4.69) is 22.6 Å². The maximum Gasteiger partial charge on any atom is 0.263 e. The molecule has 0 aromatic heterocycles. The molecule has 2 heterocycles. The predicted molar refractivity (Wildman–Crippen MR) is 108 cm³/mol. The number of nitrogens with one attached hydrogen (secondary N) is 1. The van der Waals surface area contributed by atoms with Gasteiger partial charge in [-0.1, -0.05) is 41.9 Å². The van der Waals surface area contributed by atoms with E-state index in [9.17, 15) is 14.4 Å². The van der Waals surface area contributed by atoms with Crippen LogP contribution in [0, 0.1) is 0 Å². The van der Waals surface area contributed by atoms with Crippen LogP contribution < -0.4 is 10.2 Å². The number of carbonyl (C=O) groups excluding carboxylic acids is 3. The molecule has 0 radical (unpaired) electrons. The Morgan fingerprint density at radius 3 is 2.59 bits per heavy atom.